The third-order valence-corrected chi connectivity index (χ3v) is 6.95. The van der Waals surface area contributed by atoms with Crippen LogP contribution in [0.2, 0.25) is 0 Å². The van der Waals surface area contributed by atoms with Crippen molar-refractivity contribution in [2.24, 2.45) is 0 Å². The van der Waals surface area contributed by atoms with Crippen LogP contribution in [0.4, 0.5) is 20.7 Å². The van der Waals surface area contributed by atoms with Crippen molar-refractivity contribution >= 4 is 39.5 Å². The van der Waals surface area contributed by atoms with Crippen LogP contribution >= 0.6 is 0 Å². The summed E-state index contributed by atoms with van der Waals surface area (Å²) in [5, 5.41) is 0. The zero-order chi connectivity index (χ0) is 27.6. The summed E-state index contributed by atoms with van der Waals surface area (Å²) in [7, 11) is -2.16. The lowest BCUT2D eigenvalue weighted by Crippen LogP contribution is -2.50. The van der Waals surface area contributed by atoms with Gasteiger partial charge in [-0.1, -0.05) is 0 Å². The van der Waals surface area contributed by atoms with Gasteiger partial charge in [0, 0.05) is 57.5 Å². The van der Waals surface area contributed by atoms with E-state index in [4.69, 9.17) is 4.74 Å². The molecule has 3 amide bonds. The van der Waals surface area contributed by atoms with Crippen LogP contribution in [-0.4, -0.2) is 100.0 Å². The molecule has 0 N–H and O–H groups in total. The number of anilines is 2. The van der Waals surface area contributed by atoms with Crippen molar-refractivity contribution < 1.29 is 36.1 Å². The van der Waals surface area contributed by atoms with Gasteiger partial charge in [0.2, 0.25) is 11.8 Å². The molecule has 38 heavy (non-hydrogen) atoms. The fraction of sp³-hybridized carbons (Fsp3) is 0.417. The lowest BCUT2D eigenvalue weighted by molar-refractivity contribution is -0.134. The van der Waals surface area contributed by atoms with Crippen molar-refractivity contribution in [3.63, 3.8) is 0 Å². The summed E-state index contributed by atoms with van der Waals surface area (Å²) in [6, 6.07) is 7.89. The van der Waals surface area contributed by atoms with E-state index in [9.17, 15) is 22.8 Å². The van der Waals surface area contributed by atoms with Crippen molar-refractivity contribution in [1.82, 2.24) is 14.8 Å². The first-order valence-corrected chi connectivity index (χ1v) is 13.6. The van der Waals surface area contributed by atoms with E-state index < -0.39 is 40.8 Å². The van der Waals surface area contributed by atoms with Crippen molar-refractivity contribution in [1.29, 1.82) is 0 Å². The minimum absolute atomic E-state index is 0.0908. The van der Waals surface area contributed by atoms with Crippen molar-refractivity contribution in [3.05, 3.63) is 42.3 Å². The van der Waals surface area contributed by atoms with Gasteiger partial charge in [-0.15, -0.1) is 0 Å². The number of pyridine rings is 1. The maximum Gasteiger partial charge on any atom is 0.416 e. The molecule has 2 saturated heterocycles. The number of aromatic nitrogens is 1. The Kier molecular flexibility index (Phi) is 7.83. The molecule has 0 aliphatic carbocycles. The molecule has 12 nitrogen and oxygen atoms in total. The number of benzene rings is 1. The minimum Gasteiger partial charge on any atom is -0.423 e. The fourth-order valence-electron chi connectivity index (χ4n) is 4.14. The number of carbonyl (C=O) groups excluding carboxylic acids is 3. The van der Waals surface area contributed by atoms with E-state index in [0.717, 1.165) is 6.26 Å². The van der Waals surface area contributed by atoms with Crippen molar-refractivity contribution in [2.45, 2.75) is 13.2 Å². The van der Waals surface area contributed by atoms with Crippen LogP contribution in [0, 0.1) is 5.82 Å². The fourth-order valence-corrected chi connectivity index (χ4v) is 4.45. The summed E-state index contributed by atoms with van der Waals surface area (Å²) in [6.07, 6.45) is 1.03. The molecule has 14 heteroatoms. The number of nitrogens with zero attached hydrogens (tertiary/aromatic N) is 5. The van der Waals surface area contributed by atoms with E-state index in [1.54, 1.807) is 30.5 Å². The predicted octanol–water partition coefficient (Wildman–Crippen LogP) is 1.27. The highest BCUT2D eigenvalue weighted by molar-refractivity contribution is 7.86. The zero-order valence-corrected chi connectivity index (χ0v) is 22.0. The lowest BCUT2D eigenvalue weighted by atomic mass is 10.1. The molecular formula is C24H28FN5O7S. The van der Waals surface area contributed by atoms with Crippen LogP contribution in [0.25, 0.3) is 11.1 Å². The van der Waals surface area contributed by atoms with Gasteiger partial charge in [0.1, 0.15) is 18.2 Å². The summed E-state index contributed by atoms with van der Waals surface area (Å²) in [4.78, 5) is 46.5. The molecule has 2 fully saturated rings. The van der Waals surface area contributed by atoms with Crippen molar-refractivity contribution in [2.75, 3.05) is 62.4 Å². The molecular weight excluding hydrogens is 521 g/mol. The smallest absolute Gasteiger partial charge is 0.416 e. The molecule has 1 unspecified atom stereocenters. The molecule has 0 bridgehead atoms. The number of hydrogen-bond donors (Lipinski definition) is 0. The average molecular weight is 550 g/mol. The van der Waals surface area contributed by atoms with E-state index in [1.165, 1.54) is 34.7 Å². The third kappa shape index (κ3) is 6.19. The molecule has 1 atom stereocenters. The molecule has 0 saturated carbocycles. The van der Waals surface area contributed by atoms with E-state index in [2.05, 4.69) is 9.17 Å². The maximum absolute atomic E-state index is 15.0. The first kappa shape index (κ1) is 27.3. The monoisotopic (exact) mass is 549 g/mol. The predicted molar refractivity (Wildman–Crippen MR) is 135 cm³/mol. The van der Waals surface area contributed by atoms with Crippen LogP contribution in [0.3, 0.4) is 0 Å². The summed E-state index contributed by atoms with van der Waals surface area (Å²) < 4.78 is 47.0. The van der Waals surface area contributed by atoms with E-state index in [-0.39, 0.29) is 12.5 Å². The Balaban J connectivity index is 1.37. The summed E-state index contributed by atoms with van der Waals surface area (Å²) in [5.74, 6) is -0.542. The Morgan fingerprint density at radius 3 is 2.47 bits per heavy atom. The number of piperazine rings is 1. The quantitative estimate of drug-likeness (QED) is 0.469. The third-order valence-electron chi connectivity index (χ3n) is 6.40. The van der Waals surface area contributed by atoms with Gasteiger partial charge in [-0.2, -0.15) is 8.42 Å². The number of likely N-dealkylation sites (N-methyl/N-ethyl adjacent to an activating group) is 1. The van der Waals surface area contributed by atoms with Gasteiger partial charge < -0.3 is 19.4 Å². The second-order valence-electron chi connectivity index (χ2n) is 8.98. The van der Waals surface area contributed by atoms with Gasteiger partial charge in [-0.25, -0.2) is 14.2 Å². The number of amides is 3. The molecule has 0 radical (unpaired) electrons. The molecule has 3 heterocycles. The molecule has 4 rings (SSSR count). The topological polar surface area (TPSA) is 130 Å². The van der Waals surface area contributed by atoms with Gasteiger partial charge in [-0.3, -0.25) is 18.7 Å². The highest BCUT2D eigenvalue weighted by atomic mass is 32.2. The normalized spacial score (nSPS) is 17.9. The van der Waals surface area contributed by atoms with E-state index in [0.29, 0.717) is 48.8 Å². The highest BCUT2D eigenvalue weighted by Gasteiger charge is 2.36. The second-order valence-corrected chi connectivity index (χ2v) is 10.6. The Hall–Kier alpha value is -3.78. The number of rotatable bonds is 7. The van der Waals surface area contributed by atoms with Gasteiger partial charge in [0.05, 0.1) is 18.5 Å². The number of hydrogen-bond acceptors (Lipinski definition) is 9. The standard InChI is InChI=1S/C24H28FN5O7S/c1-16(31)27(2)23-14-30(24(33)37-23)18-5-6-19(20(25)12-18)17-4-7-21(26-13-17)28-8-10-29(11-9-28)22(32)15-36-38(3,34)35/h4-7,12-13,23H,8-11,14-15H2,1-3H3. The number of carbonyl (C=O) groups is 3. The Bertz CT molecular complexity index is 1330. The van der Waals surface area contributed by atoms with E-state index >= 15 is 4.39 Å². The Morgan fingerprint density at radius 1 is 1.18 bits per heavy atom. The van der Waals surface area contributed by atoms with Gasteiger partial charge >= 0.3 is 6.09 Å². The first-order valence-electron chi connectivity index (χ1n) is 11.8. The Labute approximate surface area is 219 Å². The molecule has 1 aromatic carbocycles. The van der Waals surface area contributed by atoms with E-state index in [1.807, 2.05) is 4.90 Å². The Morgan fingerprint density at radius 2 is 1.89 bits per heavy atom. The van der Waals surface area contributed by atoms with Crippen molar-refractivity contribution in [3.8, 4) is 11.1 Å². The average Bonchev–Trinajstić information content (AvgIpc) is 3.28. The van der Waals surface area contributed by atoms with Gasteiger partial charge in [-0.05, 0) is 30.3 Å². The lowest BCUT2D eigenvalue weighted by Gasteiger charge is -2.35. The zero-order valence-electron chi connectivity index (χ0n) is 21.2. The second kappa shape index (κ2) is 10.9. The maximum atomic E-state index is 15.0. The molecule has 0 spiro atoms. The molecule has 2 aromatic rings. The van der Waals surface area contributed by atoms with Gasteiger partial charge in [0.25, 0.3) is 10.1 Å². The highest BCUT2D eigenvalue weighted by Crippen LogP contribution is 2.30. The van der Waals surface area contributed by atoms with Crippen LogP contribution in [0.5, 0.6) is 0 Å². The largest absolute Gasteiger partial charge is 0.423 e. The summed E-state index contributed by atoms with van der Waals surface area (Å²) in [5.41, 5.74) is 1.16. The molecule has 204 valence electrons. The first-order chi connectivity index (χ1) is 17.9. The van der Waals surface area contributed by atoms with Gasteiger partial charge in [0.15, 0.2) is 6.23 Å². The molecule has 2 aliphatic heterocycles. The van der Waals surface area contributed by atoms with Crippen LogP contribution in [0.1, 0.15) is 6.92 Å². The molecule has 2 aliphatic rings. The minimum atomic E-state index is -3.69. The number of ether oxygens (including phenoxy) is 1. The summed E-state index contributed by atoms with van der Waals surface area (Å²) in [6.45, 7) is 2.68. The van der Waals surface area contributed by atoms with Crippen LogP contribution in [-0.2, 0) is 28.6 Å². The SMILES string of the molecule is CC(=O)N(C)C1CN(c2ccc(-c3ccc(N4CCN(C(=O)COS(C)(=O)=O)CC4)nc3)c(F)c2)C(=O)O1. The van der Waals surface area contributed by atoms with Crippen LogP contribution in [0.15, 0.2) is 36.5 Å². The number of cyclic esters (lactones) is 1. The number of halogens is 1. The summed E-state index contributed by atoms with van der Waals surface area (Å²) >= 11 is 0. The van der Waals surface area contributed by atoms with Crippen LogP contribution < -0.4 is 9.80 Å². The molecule has 1 aromatic heterocycles.